The first-order valence-corrected chi connectivity index (χ1v) is 6.21. The summed E-state index contributed by atoms with van der Waals surface area (Å²) >= 11 is 0. The van der Waals surface area contributed by atoms with Crippen molar-refractivity contribution in [2.75, 3.05) is 23.7 Å². The number of nitrogen functional groups attached to an aromatic ring is 1. The van der Waals surface area contributed by atoms with Gasteiger partial charge in [-0.3, -0.25) is 0 Å². The minimum Gasteiger partial charge on any atom is -0.484 e. The van der Waals surface area contributed by atoms with Crippen molar-refractivity contribution in [2.24, 2.45) is 5.92 Å². The van der Waals surface area contributed by atoms with E-state index in [1.807, 2.05) is 18.2 Å². The van der Waals surface area contributed by atoms with Gasteiger partial charge in [-0.1, -0.05) is 19.9 Å². The molecule has 0 amide bonds. The van der Waals surface area contributed by atoms with E-state index in [4.69, 9.17) is 10.5 Å². The van der Waals surface area contributed by atoms with Gasteiger partial charge < -0.3 is 15.4 Å². The van der Waals surface area contributed by atoms with E-state index in [2.05, 4.69) is 32.6 Å². The molecule has 1 aliphatic heterocycles. The summed E-state index contributed by atoms with van der Waals surface area (Å²) in [4.78, 5) is 2.35. The number of nitrogens with two attached hydrogens (primary N) is 1. The van der Waals surface area contributed by atoms with Gasteiger partial charge in [0.1, 0.15) is 17.0 Å². The number of ether oxygens (including phenoxy) is 1. The average Bonchev–Trinajstić information content (AvgIpc) is 2.13. The third-order valence-electron chi connectivity index (χ3n) is 2.89. The summed E-state index contributed by atoms with van der Waals surface area (Å²) in [6.45, 7) is 10.6. The lowest BCUT2D eigenvalue weighted by atomic mass is 10.0. The molecule has 17 heavy (non-hydrogen) atoms. The zero-order valence-corrected chi connectivity index (χ0v) is 11.2. The molecule has 0 radical (unpaired) electrons. The molecule has 0 atom stereocenters. The van der Waals surface area contributed by atoms with Crippen LogP contribution in [0.3, 0.4) is 0 Å². The lowest BCUT2D eigenvalue weighted by Gasteiger charge is -2.42. The van der Waals surface area contributed by atoms with E-state index in [0.717, 1.165) is 30.2 Å². The van der Waals surface area contributed by atoms with Crippen LogP contribution < -0.4 is 15.4 Å². The largest absolute Gasteiger partial charge is 0.484 e. The van der Waals surface area contributed by atoms with Crippen LogP contribution >= 0.6 is 0 Å². The molecule has 0 spiro atoms. The normalized spacial score (nSPS) is 17.8. The van der Waals surface area contributed by atoms with Gasteiger partial charge in [0.15, 0.2) is 0 Å². The zero-order chi connectivity index (χ0) is 12.6. The molecule has 0 aromatic heterocycles. The predicted octanol–water partition coefficient (Wildman–Crippen LogP) is 2.90. The maximum atomic E-state index is 6.07. The monoisotopic (exact) mass is 234 g/mol. The van der Waals surface area contributed by atoms with Gasteiger partial charge in [0.2, 0.25) is 0 Å². The molecule has 2 N–H and O–H groups in total. The van der Waals surface area contributed by atoms with Crippen LogP contribution in [0.2, 0.25) is 0 Å². The lowest BCUT2D eigenvalue weighted by Crippen LogP contribution is -2.48. The maximum absolute atomic E-state index is 6.07. The second-order valence-electron chi connectivity index (χ2n) is 5.83. The molecule has 94 valence electrons. The first-order chi connectivity index (χ1) is 7.89. The van der Waals surface area contributed by atoms with Crippen molar-refractivity contribution >= 4 is 11.4 Å². The molecule has 0 saturated carbocycles. The Morgan fingerprint density at radius 2 is 2.12 bits per heavy atom. The Morgan fingerprint density at radius 1 is 1.41 bits per heavy atom. The van der Waals surface area contributed by atoms with Crippen molar-refractivity contribution < 1.29 is 4.74 Å². The number of hydrogen-bond acceptors (Lipinski definition) is 3. The van der Waals surface area contributed by atoms with Crippen molar-refractivity contribution in [1.29, 1.82) is 0 Å². The van der Waals surface area contributed by atoms with Gasteiger partial charge >= 0.3 is 0 Å². The van der Waals surface area contributed by atoms with Gasteiger partial charge in [0, 0.05) is 6.54 Å². The van der Waals surface area contributed by atoms with E-state index in [9.17, 15) is 0 Å². The van der Waals surface area contributed by atoms with Gasteiger partial charge in [-0.25, -0.2) is 0 Å². The Hall–Kier alpha value is -1.38. The molecule has 3 heteroatoms. The molecular formula is C14H22N2O. The number of hydrogen-bond donors (Lipinski definition) is 1. The van der Waals surface area contributed by atoms with E-state index >= 15 is 0 Å². The van der Waals surface area contributed by atoms with Crippen LogP contribution in [0.1, 0.15) is 27.7 Å². The molecule has 0 fully saturated rings. The SMILES string of the molecule is CC(C)CN1CC(C)(C)Oc2cccc(N)c21. The quantitative estimate of drug-likeness (QED) is 0.800. The smallest absolute Gasteiger partial charge is 0.145 e. The first-order valence-electron chi connectivity index (χ1n) is 6.21. The fraction of sp³-hybridized carbons (Fsp3) is 0.571. The molecule has 1 heterocycles. The summed E-state index contributed by atoms with van der Waals surface area (Å²) < 4.78 is 5.99. The molecule has 0 aliphatic carbocycles. The van der Waals surface area contributed by atoms with Crippen LogP contribution in [0.15, 0.2) is 18.2 Å². The molecule has 0 saturated heterocycles. The van der Waals surface area contributed by atoms with Gasteiger partial charge in [-0.05, 0) is 31.9 Å². The summed E-state index contributed by atoms with van der Waals surface area (Å²) in [6.07, 6.45) is 0. The highest BCUT2D eigenvalue weighted by Crippen LogP contribution is 2.41. The topological polar surface area (TPSA) is 38.5 Å². The molecular weight excluding hydrogens is 212 g/mol. The van der Waals surface area contributed by atoms with Gasteiger partial charge in [0.25, 0.3) is 0 Å². The van der Waals surface area contributed by atoms with Crippen molar-refractivity contribution in [3.8, 4) is 5.75 Å². The number of nitrogens with zero attached hydrogens (tertiary/aromatic N) is 1. The summed E-state index contributed by atoms with van der Waals surface area (Å²) in [6, 6.07) is 5.89. The lowest BCUT2D eigenvalue weighted by molar-refractivity contribution is 0.104. The fourth-order valence-electron chi connectivity index (χ4n) is 2.43. The Morgan fingerprint density at radius 3 is 2.76 bits per heavy atom. The van der Waals surface area contributed by atoms with Crippen molar-refractivity contribution in [2.45, 2.75) is 33.3 Å². The minimum atomic E-state index is -0.157. The zero-order valence-electron chi connectivity index (χ0n) is 11.2. The number of fused-ring (bicyclic) bond motifs is 1. The van der Waals surface area contributed by atoms with E-state index in [0.29, 0.717) is 5.92 Å². The Balaban J connectivity index is 2.41. The van der Waals surface area contributed by atoms with E-state index in [1.54, 1.807) is 0 Å². The second-order valence-corrected chi connectivity index (χ2v) is 5.83. The molecule has 1 aliphatic rings. The summed E-state index contributed by atoms with van der Waals surface area (Å²) in [5, 5.41) is 0. The predicted molar refractivity (Wildman–Crippen MR) is 72.6 cm³/mol. The average molecular weight is 234 g/mol. The molecule has 1 aromatic rings. The first kappa shape index (κ1) is 12.1. The third-order valence-corrected chi connectivity index (χ3v) is 2.89. The molecule has 1 aromatic carbocycles. The number of para-hydroxylation sites is 1. The summed E-state index contributed by atoms with van der Waals surface area (Å²) in [7, 11) is 0. The third kappa shape index (κ3) is 2.48. The van der Waals surface area contributed by atoms with Crippen LogP contribution in [0.5, 0.6) is 5.75 Å². The Labute approximate surface area is 104 Å². The van der Waals surface area contributed by atoms with Gasteiger partial charge in [-0.15, -0.1) is 0 Å². The second kappa shape index (κ2) is 4.13. The Bertz CT molecular complexity index is 413. The van der Waals surface area contributed by atoms with Gasteiger partial charge in [-0.2, -0.15) is 0 Å². The van der Waals surface area contributed by atoms with Crippen molar-refractivity contribution in [1.82, 2.24) is 0 Å². The van der Waals surface area contributed by atoms with Crippen LogP contribution in [-0.2, 0) is 0 Å². The van der Waals surface area contributed by atoms with Crippen molar-refractivity contribution in [3.63, 3.8) is 0 Å². The Kier molecular flexibility index (Phi) is 2.94. The van der Waals surface area contributed by atoms with E-state index < -0.39 is 0 Å². The highest BCUT2D eigenvalue weighted by atomic mass is 16.5. The highest BCUT2D eigenvalue weighted by molar-refractivity contribution is 5.76. The molecule has 3 nitrogen and oxygen atoms in total. The van der Waals surface area contributed by atoms with Gasteiger partial charge in [0.05, 0.1) is 12.2 Å². The number of rotatable bonds is 2. The summed E-state index contributed by atoms with van der Waals surface area (Å²) in [5.74, 6) is 1.51. The summed E-state index contributed by atoms with van der Waals surface area (Å²) in [5.41, 5.74) is 7.78. The van der Waals surface area contributed by atoms with E-state index in [1.165, 1.54) is 0 Å². The number of benzene rings is 1. The van der Waals surface area contributed by atoms with Crippen molar-refractivity contribution in [3.05, 3.63) is 18.2 Å². The fourth-order valence-corrected chi connectivity index (χ4v) is 2.43. The molecule has 0 unspecified atom stereocenters. The molecule has 0 bridgehead atoms. The molecule has 2 rings (SSSR count). The van der Waals surface area contributed by atoms with Crippen LogP contribution in [0.25, 0.3) is 0 Å². The minimum absolute atomic E-state index is 0.157. The van der Waals surface area contributed by atoms with E-state index in [-0.39, 0.29) is 5.60 Å². The van der Waals surface area contributed by atoms with Crippen LogP contribution in [0.4, 0.5) is 11.4 Å². The van der Waals surface area contributed by atoms with Crippen LogP contribution in [-0.4, -0.2) is 18.7 Å². The number of anilines is 2. The standard InChI is InChI=1S/C14H22N2O/c1-10(2)8-16-9-14(3,4)17-12-7-5-6-11(15)13(12)16/h5-7,10H,8-9,15H2,1-4H3. The maximum Gasteiger partial charge on any atom is 0.145 e. The highest BCUT2D eigenvalue weighted by Gasteiger charge is 2.32. The van der Waals surface area contributed by atoms with Crippen LogP contribution in [0, 0.1) is 5.92 Å².